The standard InChI is InChI=1S/C9H10ClN3S/c1-5-4-14-9(8(5)10)6-3-7(11)13(2)12-6/h3-4H,11H2,1-2H3. The molecule has 0 atom stereocenters. The minimum Gasteiger partial charge on any atom is -0.384 e. The molecule has 0 aliphatic heterocycles. The number of rotatable bonds is 1. The van der Waals surface area contributed by atoms with Crippen molar-refractivity contribution in [1.29, 1.82) is 0 Å². The lowest BCUT2D eigenvalue weighted by atomic mass is 10.3. The Morgan fingerprint density at radius 1 is 1.57 bits per heavy atom. The van der Waals surface area contributed by atoms with Crippen LogP contribution in [0, 0.1) is 6.92 Å². The Kier molecular flexibility index (Phi) is 2.25. The second-order valence-electron chi connectivity index (χ2n) is 3.14. The lowest BCUT2D eigenvalue weighted by Gasteiger charge is -1.92. The predicted octanol–water partition coefficient (Wildman–Crippen LogP) is 2.69. The summed E-state index contributed by atoms with van der Waals surface area (Å²) in [6.45, 7) is 1.98. The molecule has 0 amide bonds. The van der Waals surface area contributed by atoms with Crippen LogP contribution in [0.4, 0.5) is 5.82 Å². The van der Waals surface area contributed by atoms with Crippen LogP contribution < -0.4 is 5.73 Å². The maximum absolute atomic E-state index is 6.13. The number of thiophene rings is 1. The number of aromatic nitrogens is 2. The van der Waals surface area contributed by atoms with Crippen LogP contribution in [-0.4, -0.2) is 9.78 Å². The van der Waals surface area contributed by atoms with Crippen molar-refractivity contribution in [2.45, 2.75) is 6.92 Å². The van der Waals surface area contributed by atoms with E-state index in [1.165, 1.54) is 0 Å². The van der Waals surface area contributed by atoms with Gasteiger partial charge < -0.3 is 5.73 Å². The van der Waals surface area contributed by atoms with E-state index in [-0.39, 0.29) is 0 Å². The second kappa shape index (κ2) is 3.29. The van der Waals surface area contributed by atoms with Crippen LogP contribution in [0.5, 0.6) is 0 Å². The van der Waals surface area contributed by atoms with Crippen molar-refractivity contribution >= 4 is 28.8 Å². The normalized spacial score (nSPS) is 10.8. The average Bonchev–Trinajstić information content (AvgIpc) is 2.61. The maximum Gasteiger partial charge on any atom is 0.121 e. The van der Waals surface area contributed by atoms with Gasteiger partial charge in [0.1, 0.15) is 11.5 Å². The van der Waals surface area contributed by atoms with Gasteiger partial charge in [0.15, 0.2) is 0 Å². The van der Waals surface area contributed by atoms with Crippen molar-refractivity contribution in [3.63, 3.8) is 0 Å². The first-order valence-corrected chi connectivity index (χ1v) is 5.39. The van der Waals surface area contributed by atoms with E-state index < -0.39 is 0 Å². The largest absolute Gasteiger partial charge is 0.384 e. The molecular formula is C9H10ClN3S. The number of hydrogen-bond donors (Lipinski definition) is 1. The summed E-state index contributed by atoms with van der Waals surface area (Å²) in [5.41, 5.74) is 7.62. The molecule has 14 heavy (non-hydrogen) atoms. The van der Waals surface area contributed by atoms with E-state index >= 15 is 0 Å². The highest BCUT2D eigenvalue weighted by molar-refractivity contribution is 7.14. The van der Waals surface area contributed by atoms with Gasteiger partial charge in [-0.3, -0.25) is 4.68 Å². The maximum atomic E-state index is 6.13. The first-order valence-electron chi connectivity index (χ1n) is 4.13. The molecular weight excluding hydrogens is 218 g/mol. The molecule has 2 rings (SSSR count). The Morgan fingerprint density at radius 2 is 2.29 bits per heavy atom. The molecule has 0 unspecified atom stereocenters. The minimum absolute atomic E-state index is 0.641. The number of halogens is 1. The summed E-state index contributed by atoms with van der Waals surface area (Å²) in [6, 6.07) is 1.83. The molecule has 0 saturated carbocycles. The molecule has 5 heteroatoms. The topological polar surface area (TPSA) is 43.8 Å². The lowest BCUT2D eigenvalue weighted by Crippen LogP contribution is -1.96. The van der Waals surface area contributed by atoms with Gasteiger partial charge in [0.2, 0.25) is 0 Å². The van der Waals surface area contributed by atoms with Crippen LogP contribution in [0.3, 0.4) is 0 Å². The number of nitrogen functional groups attached to an aromatic ring is 1. The van der Waals surface area contributed by atoms with Gasteiger partial charge in [-0.15, -0.1) is 11.3 Å². The van der Waals surface area contributed by atoms with Crippen LogP contribution in [0.2, 0.25) is 5.02 Å². The SMILES string of the molecule is Cc1csc(-c2cc(N)n(C)n2)c1Cl. The Hall–Kier alpha value is -1.00. The van der Waals surface area contributed by atoms with Gasteiger partial charge in [-0.2, -0.15) is 5.10 Å². The third-order valence-corrected chi connectivity index (χ3v) is 3.77. The number of hydrogen-bond acceptors (Lipinski definition) is 3. The zero-order valence-corrected chi connectivity index (χ0v) is 9.49. The molecule has 2 aromatic heterocycles. The molecule has 0 bridgehead atoms. The highest BCUT2D eigenvalue weighted by atomic mass is 35.5. The fourth-order valence-corrected chi connectivity index (χ4v) is 2.44. The third-order valence-electron chi connectivity index (χ3n) is 2.05. The van der Waals surface area contributed by atoms with E-state index in [1.807, 2.05) is 25.4 Å². The smallest absolute Gasteiger partial charge is 0.121 e. The average molecular weight is 228 g/mol. The van der Waals surface area contributed by atoms with Crippen LogP contribution in [0.15, 0.2) is 11.4 Å². The molecule has 3 nitrogen and oxygen atoms in total. The van der Waals surface area contributed by atoms with Crippen molar-refractivity contribution in [3.05, 3.63) is 22.0 Å². The molecule has 0 aliphatic carbocycles. The van der Waals surface area contributed by atoms with Crippen molar-refractivity contribution in [3.8, 4) is 10.6 Å². The van der Waals surface area contributed by atoms with E-state index in [4.69, 9.17) is 17.3 Å². The highest BCUT2D eigenvalue weighted by Gasteiger charge is 2.12. The molecule has 0 radical (unpaired) electrons. The van der Waals surface area contributed by atoms with Gasteiger partial charge >= 0.3 is 0 Å². The quantitative estimate of drug-likeness (QED) is 0.814. The molecule has 2 N–H and O–H groups in total. The molecule has 0 fully saturated rings. The van der Waals surface area contributed by atoms with E-state index in [0.29, 0.717) is 5.82 Å². The second-order valence-corrected chi connectivity index (χ2v) is 4.40. The van der Waals surface area contributed by atoms with E-state index in [2.05, 4.69) is 5.10 Å². The summed E-state index contributed by atoms with van der Waals surface area (Å²) < 4.78 is 1.64. The molecule has 0 aromatic carbocycles. The summed E-state index contributed by atoms with van der Waals surface area (Å²) in [5, 5.41) is 7.06. The lowest BCUT2D eigenvalue weighted by molar-refractivity contribution is 0.783. The minimum atomic E-state index is 0.641. The fourth-order valence-electron chi connectivity index (χ4n) is 1.20. The van der Waals surface area contributed by atoms with Crippen molar-refractivity contribution in [2.24, 2.45) is 7.05 Å². The zero-order chi connectivity index (χ0) is 10.3. The van der Waals surface area contributed by atoms with Gasteiger partial charge in [0.05, 0.1) is 9.90 Å². The van der Waals surface area contributed by atoms with Crippen molar-refractivity contribution in [1.82, 2.24) is 9.78 Å². The van der Waals surface area contributed by atoms with Crippen molar-refractivity contribution < 1.29 is 0 Å². The fraction of sp³-hybridized carbons (Fsp3) is 0.222. The van der Waals surface area contributed by atoms with E-state index in [1.54, 1.807) is 16.0 Å². The predicted molar refractivity (Wildman–Crippen MR) is 60.7 cm³/mol. The number of aryl methyl sites for hydroxylation is 2. The Balaban J connectivity index is 2.54. The zero-order valence-electron chi connectivity index (χ0n) is 7.91. The highest BCUT2D eigenvalue weighted by Crippen LogP contribution is 2.35. The molecule has 2 aromatic rings. The summed E-state index contributed by atoms with van der Waals surface area (Å²) >= 11 is 7.71. The Morgan fingerprint density at radius 3 is 2.71 bits per heavy atom. The van der Waals surface area contributed by atoms with Gasteiger partial charge in [0.25, 0.3) is 0 Å². The van der Waals surface area contributed by atoms with E-state index in [9.17, 15) is 0 Å². The van der Waals surface area contributed by atoms with Crippen LogP contribution in [0.25, 0.3) is 10.6 Å². The first-order chi connectivity index (χ1) is 6.59. The third kappa shape index (κ3) is 1.40. The van der Waals surface area contributed by atoms with Crippen LogP contribution >= 0.6 is 22.9 Å². The summed E-state index contributed by atoms with van der Waals surface area (Å²) in [7, 11) is 1.81. The number of nitrogens with zero attached hydrogens (tertiary/aromatic N) is 2. The number of nitrogens with two attached hydrogens (primary N) is 1. The Labute approximate surface area is 91.1 Å². The number of anilines is 1. The Bertz CT molecular complexity index is 453. The van der Waals surface area contributed by atoms with Gasteiger partial charge in [-0.1, -0.05) is 11.6 Å². The molecule has 2 heterocycles. The van der Waals surface area contributed by atoms with Crippen molar-refractivity contribution in [2.75, 3.05) is 5.73 Å². The van der Waals surface area contributed by atoms with Gasteiger partial charge in [0, 0.05) is 13.1 Å². The van der Waals surface area contributed by atoms with Gasteiger partial charge in [-0.05, 0) is 17.9 Å². The summed E-state index contributed by atoms with van der Waals surface area (Å²) in [6.07, 6.45) is 0. The van der Waals surface area contributed by atoms with Gasteiger partial charge in [-0.25, -0.2) is 0 Å². The van der Waals surface area contributed by atoms with Crippen LogP contribution in [-0.2, 0) is 7.05 Å². The summed E-state index contributed by atoms with van der Waals surface area (Å²) in [4.78, 5) is 0.983. The monoisotopic (exact) mass is 227 g/mol. The van der Waals surface area contributed by atoms with E-state index in [0.717, 1.165) is 21.2 Å². The van der Waals surface area contributed by atoms with Crippen LogP contribution in [0.1, 0.15) is 5.56 Å². The summed E-state index contributed by atoms with van der Waals surface area (Å²) in [5.74, 6) is 0.641. The molecule has 0 saturated heterocycles. The molecule has 74 valence electrons. The molecule has 0 aliphatic rings. The molecule has 0 spiro atoms. The first kappa shape index (κ1) is 9.55.